The SMILES string of the molecule is CCOC(=O)c1ccc(S(=O)(=O)N[C@H](C)CN)cc1. The van der Waals surface area contributed by atoms with Gasteiger partial charge in [0.1, 0.15) is 0 Å². The third kappa shape index (κ3) is 4.30. The van der Waals surface area contributed by atoms with E-state index in [1.807, 2.05) is 0 Å². The summed E-state index contributed by atoms with van der Waals surface area (Å²) in [7, 11) is -3.61. The second-order valence-corrected chi connectivity index (χ2v) is 5.72. The number of sulfonamides is 1. The molecule has 1 aromatic carbocycles. The lowest BCUT2D eigenvalue weighted by Gasteiger charge is -2.12. The number of hydrogen-bond acceptors (Lipinski definition) is 5. The summed E-state index contributed by atoms with van der Waals surface area (Å²) in [6.07, 6.45) is 0. The van der Waals surface area contributed by atoms with Crippen molar-refractivity contribution in [3.05, 3.63) is 29.8 Å². The van der Waals surface area contributed by atoms with E-state index in [9.17, 15) is 13.2 Å². The average Bonchev–Trinajstić information content (AvgIpc) is 2.38. The topological polar surface area (TPSA) is 98.5 Å². The van der Waals surface area contributed by atoms with Gasteiger partial charge < -0.3 is 10.5 Å². The normalized spacial score (nSPS) is 13.0. The summed E-state index contributed by atoms with van der Waals surface area (Å²) >= 11 is 0. The van der Waals surface area contributed by atoms with Crippen molar-refractivity contribution in [1.29, 1.82) is 0 Å². The number of esters is 1. The third-order valence-electron chi connectivity index (χ3n) is 2.39. The molecule has 0 aliphatic rings. The first kappa shape index (κ1) is 15.6. The molecule has 106 valence electrons. The molecular formula is C12H18N2O4S. The lowest BCUT2D eigenvalue weighted by molar-refractivity contribution is 0.0526. The number of benzene rings is 1. The molecule has 0 unspecified atom stereocenters. The molecule has 1 aromatic rings. The van der Waals surface area contributed by atoms with Crippen molar-refractivity contribution >= 4 is 16.0 Å². The smallest absolute Gasteiger partial charge is 0.338 e. The summed E-state index contributed by atoms with van der Waals surface area (Å²) in [5.74, 6) is -0.477. The standard InChI is InChI=1S/C12H18N2O4S/c1-3-18-12(15)10-4-6-11(7-5-10)19(16,17)14-9(2)8-13/h4-7,9,14H,3,8,13H2,1-2H3/t9-/m1/s1. The van der Waals surface area contributed by atoms with Crippen LogP contribution in [0.4, 0.5) is 0 Å². The highest BCUT2D eigenvalue weighted by Gasteiger charge is 2.17. The number of rotatable bonds is 6. The molecule has 0 aliphatic heterocycles. The van der Waals surface area contributed by atoms with Crippen LogP contribution in [0, 0.1) is 0 Å². The van der Waals surface area contributed by atoms with Gasteiger partial charge in [0.15, 0.2) is 0 Å². The summed E-state index contributed by atoms with van der Waals surface area (Å²) in [6.45, 7) is 3.86. The molecule has 1 rings (SSSR count). The Morgan fingerprint density at radius 1 is 1.37 bits per heavy atom. The summed E-state index contributed by atoms with van der Waals surface area (Å²) in [5.41, 5.74) is 5.68. The number of carbonyl (C=O) groups is 1. The van der Waals surface area contributed by atoms with Crippen LogP contribution in [0.2, 0.25) is 0 Å². The van der Waals surface area contributed by atoms with Crippen molar-refractivity contribution < 1.29 is 17.9 Å². The van der Waals surface area contributed by atoms with E-state index in [1.165, 1.54) is 24.3 Å². The predicted molar refractivity (Wildman–Crippen MR) is 71.2 cm³/mol. The van der Waals surface area contributed by atoms with E-state index < -0.39 is 16.0 Å². The summed E-state index contributed by atoms with van der Waals surface area (Å²) in [5, 5.41) is 0. The highest BCUT2D eigenvalue weighted by molar-refractivity contribution is 7.89. The molecule has 0 heterocycles. The van der Waals surface area contributed by atoms with Gasteiger partial charge in [-0.15, -0.1) is 0 Å². The van der Waals surface area contributed by atoms with Gasteiger partial charge in [-0.05, 0) is 38.1 Å². The lowest BCUT2D eigenvalue weighted by Crippen LogP contribution is -2.37. The Morgan fingerprint density at radius 3 is 2.42 bits per heavy atom. The molecule has 0 bridgehead atoms. The number of carbonyl (C=O) groups excluding carboxylic acids is 1. The van der Waals surface area contributed by atoms with Crippen LogP contribution in [0.25, 0.3) is 0 Å². The number of nitrogens with two attached hydrogens (primary N) is 1. The van der Waals surface area contributed by atoms with Crippen molar-refractivity contribution in [3.63, 3.8) is 0 Å². The number of nitrogens with one attached hydrogen (secondary N) is 1. The van der Waals surface area contributed by atoms with Gasteiger partial charge >= 0.3 is 5.97 Å². The fraction of sp³-hybridized carbons (Fsp3) is 0.417. The molecule has 0 radical (unpaired) electrons. The van der Waals surface area contributed by atoms with Crippen LogP contribution in [-0.2, 0) is 14.8 Å². The summed E-state index contributed by atoms with van der Waals surface area (Å²) in [6, 6.07) is 5.20. The van der Waals surface area contributed by atoms with Gasteiger partial charge in [0, 0.05) is 12.6 Å². The van der Waals surface area contributed by atoms with E-state index >= 15 is 0 Å². The first-order valence-corrected chi connectivity index (χ1v) is 7.38. The number of ether oxygens (including phenoxy) is 1. The van der Waals surface area contributed by atoms with Gasteiger partial charge in [-0.1, -0.05) is 0 Å². The van der Waals surface area contributed by atoms with Crippen LogP contribution in [0.15, 0.2) is 29.2 Å². The van der Waals surface area contributed by atoms with Gasteiger partial charge in [0.2, 0.25) is 10.0 Å². The molecule has 0 aromatic heterocycles. The monoisotopic (exact) mass is 286 g/mol. The van der Waals surface area contributed by atoms with Gasteiger partial charge in [-0.2, -0.15) is 0 Å². The Morgan fingerprint density at radius 2 is 1.95 bits per heavy atom. The summed E-state index contributed by atoms with van der Waals surface area (Å²) in [4.78, 5) is 11.5. The van der Waals surface area contributed by atoms with Gasteiger partial charge in [0.25, 0.3) is 0 Å². The van der Waals surface area contributed by atoms with Crippen molar-refractivity contribution in [2.24, 2.45) is 5.73 Å². The molecule has 7 heteroatoms. The first-order chi connectivity index (χ1) is 8.90. The Hall–Kier alpha value is -1.44. The van der Waals surface area contributed by atoms with E-state index in [2.05, 4.69) is 4.72 Å². The molecule has 19 heavy (non-hydrogen) atoms. The van der Waals surface area contributed by atoms with Crippen molar-refractivity contribution in [2.75, 3.05) is 13.2 Å². The second kappa shape index (κ2) is 6.65. The average molecular weight is 286 g/mol. The lowest BCUT2D eigenvalue weighted by atomic mass is 10.2. The second-order valence-electron chi connectivity index (χ2n) is 4.00. The molecular weight excluding hydrogens is 268 g/mol. The maximum atomic E-state index is 11.9. The van der Waals surface area contributed by atoms with Crippen LogP contribution >= 0.6 is 0 Å². The van der Waals surface area contributed by atoms with E-state index in [-0.39, 0.29) is 24.1 Å². The zero-order valence-electron chi connectivity index (χ0n) is 10.9. The zero-order chi connectivity index (χ0) is 14.5. The van der Waals surface area contributed by atoms with Crippen LogP contribution < -0.4 is 10.5 Å². The fourth-order valence-electron chi connectivity index (χ4n) is 1.37. The highest BCUT2D eigenvalue weighted by Crippen LogP contribution is 2.11. The van der Waals surface area contributed by atoms with Crippen molar-refractivity contribution in [1.82, 2.24) is 4.72 Å². The molecule has 0 saturated heterocycles. The fourth-order valence-corrected chi connectivity index (χ4v) is 2.62. The molecule has 0 spiro atoms. The molecule has 1 atom stereocenters. The molecule has 0 amide bonds. The quantitative estimate of drug-likeness (QED) is 0.741. The Bertz CT molecular complexity index is 525. The van der Waals surface area contributed by atoms with Gasteiger partial charge in [-0.25, -0.2) is 17.9 Å². The Balaban J connectivity index is 2.89. The largest absolute Gasteiger partial charge is 0.462 e. The number of hydrogen-bond donors (Lipinski definition) is 2. The van der Waals surface area contributed by atoms with Crippen LogP contribution in [0.1, 0.15) is 24.2 Å². The van der Waals surface area contributed by atoms with Crippen molar-refractivity contribution in [3.8, 4) is 0 Å². The van der Waals surface area contributed by atoms with E-state index in [4.69, 9.17) is 10.5 Å². The third-order valence-corrected chi connectivity index (χ3v) is 3.99. The highest BCUT2D eigenvalue weighted by atomic mass is 32.2. The van der Waals surface area contributed by atoms with Crippen LogP contribution in [0.5, 0.6) is 0 Å². The van der Waals surface area contributed by atoms with Crippen molar-refractivity contribution in [2.45, 2.75) is 24.8 Å². The molecule has 0 saturated carbocycles. The van der Waals surface area contributed by atoms with Crippen LogP contribution in [-0.4, -0.2) is 33.6 Å². The van der Waals surface area contributed by atoms with Gasteiger partial charge in [-0.3, -0.25) is 0 Å². The maximum absolute atomic E-state index is 11.9. The van der Waals surface area contributed by atoms with E-state index in [0.717, 1.165) is 0 Å². The molecule has 6 nitrogen and oxygen atoms in total. The molecule has 0 aliphatic carbocycles. The molecule has 0 fully saturated rings. The Labute approximate surface area is 113 Å². The van der Waals surface area contributed by atoms with E-state index in [1.54, 1.807) is 13.8 Å². The molecule has 3 N–H and O–H groups in total. The summed E-state index contributed by atoms with van der Waals surface area (Å²) < 4.78 is 31.1. The maximum Gasteiger partial charge on any atom is 0.338 e. The van der Waals surface area contributed by atoms with Gasteiger partial charge in [0.05, 0.1) is 17.1 Å². The minimum Gasteiger partial charge on any atom is -0.462 e. The first-order valence-electron chi connectivity index (χ1n) is 5.90. The van der Waals surface area contributed by atoms with Crippen LogP contribution in [0.3, 0.4) is 0 Å². The predicted octanol–water partition coefficient (Wildman–Crippen LogP) is 0.489. The minimum absolute atomic E-state index is 0.0841. The van der Waals surface area contributed by atoms with E-state index in [0.29, 0.717) is 5.56 Å². The Kier molecular flexibility index (Phi) is 5.46. The zero-order valence-corrected chi connectivity index (χ0v) is 11.7. The minimum atomic E-state index is -3.61.